The van der Waals surface area contributed by atoms with E-state index in [4.69, 9.17) is 9.47 Å². The van der Waals surface area contributed by atoms with E-state index in [2.05, 4.69) is 20.8 Å². The Bertz CT molecular complexity index is 187. The zero-order valence-electron chi connectivity index (χ0n) is 10.2. The Morgan fingerprint density at radius 2 is 1.33 bits per heavy atom. The second-order valence-electron chi connectivity index (χ2n) is 5.31. The van der Waals surface area contributed by atoms with Crippen LogP contribution in [0, 0.1) is 11.8 Å². The van der Waals surface area contributed by atoms with Gasteiger partial charge in [-0.15, -0.1) is 0 Å². The lowest BCUT2D eigenvalue weighted by atomic mass is 9.87. The second kappa shape index (κ2) is 4.84. The summed E-state index contributed by atoms with van der Waals surface area (Å²) in [6.07, 6.45) is 7.45. The summed E-state index contributed by atoms with van der Waals surface area (Å²) in [7, 11) is 0. The minimum atomic E-state index is 0.0755. The molecule has 2 nitrogen and oxygen atoms in total. The van der Waals surface area contributed by atoms with Gasteiger partial charge in [-0.2, -0.15) is 0 Å². The van der Waals surface area contributed by atoms with E-state index in [1.807, 2.05) is 0 Å². The third kappa shape index (κ3) is 2.54. The molecule has 0 aromatic heterocycles. The lowest BCUT2D eigenvalue weighted by Gasteiger charge is -2.41. The molecule has 0 radical (unpaired) electrons. The molecule has 0 spiro atoms. The molecule has 1 heterocycles. The Morgan fingerprint density at radius 3 is 1.87 bits per heavy atom. The Kier molecular flexibility index (Phi) is 3.68. The van der Waals surface area contributed by atoms with Gasteiger partial charge in [0.15, 0.2) is 6.29 Å². The molecule has 15 heavy (non-hydrogen) atoms. The summed E-state index contributed by atoms with van der Waals surface area (Å²) in [5.41, 5.74) is 0. The summed E-state index contributed by atoms with van der Waals surface area (Å²) >= 11 is 0. The van der Waals surface area contributed by atoms with Crippen molar-refractivity contribution in [2.45, 2.75) is 71.4 Å². The molecule has 1 aliphatic heterocycles. The van der Waals surface area contributed by atoms with Crippen LogP contribution < -0.4 is 0 Å². The largest absolute Gasteiger partial charge is 0.349 e. The Labute approximate surface area is 93.3 Å². The molecular formula is C13H24O2. The molecule has 2 atom stereocenters. The molecule has 2 fully saturated rings. The van der Waals surface area contributed by atoms with Crippen molar-refractivity contribution in [2.24, 2.45) is 11.8 Å². The normalized spacial score (nSPS) is 44.2. The van der Waals surface area contributed by atoms with Crippen LogP contribution in [0.4, 0.5) is 0 Å². The van der Waals surface area contributed by atoms with Crippen molar-refractivity contribution in [3.63, 3.8) is 0 Å². The smallest absolute Gasteiger partial charge is 0.161 e. The zero-order valence-corrected chi connectivity index (χ0v) is 10.2. The molecular weight excluding hydrogens is 188 g/mol. The van der Waals surface area contributed by atoms with Crippen molar-refractivity contribution in [3.05, 3.63) is 0 Å². The van der Waals surface area contributed by atoms with Crippen LogP contribution in [-0.2, 0) is 9.47 Å². The van der Waals surface area contributed by atoms with Crippen molar-refractivity contribution in [3.8, 4) is 0 Å². The molecule has 2 heteroatoms. The average Bonchev–Trinajstić information content (AvgIpc) is 2.26. The highest BCUT2D eigenvalue weighted by Gasteiger charge is 2.36. The maximum Gasteiger partial charge on any atom is 0.161 e. The average molecular weight is 212 g/mol. The van der Waals surface area contributed by atoms with Crippen LogP contribution in [0.5, 0.6) is 0 Å². The van der Waals surface area contributed by atoms with Gasteiger partial charge in [0.1, 0.15) is 0 Å². The first-order valence-corrected chi connectivity index (χ1v) is 6.49. The maximum atomic E-state index is 5.99. The van der Waals surface area contributed by atoms with Crippen LogP contribution in [0.15, 0.2) is 0 Å². The van der Waals surface area contributed by atoms with Gasteiger partial charge in [0.25, 0.3) is 0 Å². The highest BCUT2D eigenvalue weighted by molar-refractivity contribution is 4.78. The Morgan fingerprint density at radius 1 is 0.800 bits per heavy atom. The van der Waals surface area contributed by atoms with Crippen LogP contribution in [0.3, 0.4) is 0 Å². The Balaban J connectivity index is 1.92. The van der Waals surface area contributed by atoms with Crippen LogP contribution in [0.25, 0.3) is 0 Å². The first-order valence-electron chi connectivity index (χ1n) is 6.49. The topological polar surface area (TPSA) is 18.5 Å². The van der Waals surface area contributed by atoms with E-state index in [1.54, 1.807) is 0 Å². The minimum Gasteiger partial charge on any atom is -0.349 e. The summed E-state index contributed by atoms with van der Waals surface area (Å²) in [4.78, 5) is 0. The maximum absolute atomic E-state index is 5.99. The standard InChI is InChI=1S/C13H24O2/c1-9-10(2)14-13(15-11(9)3)12-7-5-4-6-8-12/h9-13H,4-8H2,1-3H3. The van der Waals surface area contributed by atoms with E-state index in [9.17, 15) is 0 Å². The lowest BCUT2D eigenvalue weighted by Crippen LogP contribution is -2.45. The van der Waals surface area contributed by atoms with Gasteiger partial charge in [-0.25, -0.2) is 0 Å². The van der Waals surface area contributed by atoms with Crippen molar-refractivity contribution in [1.82, 2.24) is 0 Å². The number of hydrogen-bond donors (Lipinski definition) is 0. The Hall–Kier alpha value is -0.0800. The fraction of sp³-hybridized carbons (Fsp3) is 1.00. The van der Waals surface area contributed by atoms with Crippen LogP contribution in [-0.4, -0.2) is 18.5 Å². The van der Waals surface area contributed by atoms with Crippen LogP contribution in [0.2, 0.25) is 0 Å². The van der Waals surface area contributed by atoms with Crippen molar-refractivity contribution in [1.29, 1.82) is 0 Å². The fourth-order valence-corrected chi connectivity index (χ4v) is 2.71. The predicted octanol–water partition coefficient (Wildman–Crippen LogP) is 3.35. The molecule has 2 rings (SSSR count). The summed E-state index contributed by atoms with van der Waals surface area (Å²) < 4.78 is 12.0. The van der Waals surface area contributed by atoms with Gasteiger partial charge in [0, 0.05) is 11.8 Å². The molecule has 2 aliphatic rings. The summed E-state index contributed by atoms with van der Waals surface area (Å²) in [6.45, 7) is 6.57. The number of ether oxygens (including phenoxy) is 2. The van der Waals surface area contributed by atoms with Gasteiger partial charge < -0.3 is 9.47 Å². The molecule has 2 unspecified atom stereocenters. The first-order chi connectivity index (χ1) is 7.18. The first kappa shape index (κ1) is 11.4. The number of hydrogen-bond acceptors (Lipinski definition) is 2. The van der Waals surface area contributed by atoms with Crippen molar-refractivity contribution in [2.75, 3.05) is 0 Å². The van der Waals surface area contributed by atoms with E-state index >= 15 is 0 Å². The SMILES string of the molecule is CC1OC(C2CCCCC2)OC(C)C1C. The van der Waals surface area contributed by atoms with E-state index in [0.29, 0.717) is 24.0 Å². The third-order valence-electron chi connectivity index (χ3n) is 4.21. The number of rotatable bonds is 1. The summed E-state index contributed by atoms with van der Waals surface area (Å²) in [5.74, 6) is 1.17. The van der Waals surface area contributed by atoms with Gasteiger partial charge in [-0.3, -0.25) is 0 Å². The summed E-state index contributed by atoms with van der Waals surface area (Å²) in [5, 5.41) is 0. The second-order valence-corrected chi connectivity index (χ2v) is 5.31. The molecule has 0 N–H and O–H groups in total. The fourth-order valence-electron chi connectivity index (χ4n) is 2.71. The molecule has 1 aliphatic carbocycles. The molecule has 1 saturated carbocycles. The van der Waals surface area contributed by atoms with Crippen molar-refractivity contribution < 1.29 is 9.47 Å². The molecule has 88 valence electrons. The van der Waals surface area contributed by atoms with Gasteiger partial charge in [0.05, 0.1) is 12.2 Å². The quantitative estimate of drug-likeness (QED) is 0.663. The van der Waals surface area contributed by atoms with Crippen molar-refractivity contribution >= 4 is 0 Å². The summed E-state index contributed by atoms with van der Waals surface area (Å²) in [6, 6.07) is 0. The van der Waals surface area contributed by atoms with E-state index in [-0.39, 0.29) is 6.29 Å². The van der Waals surface area contributed by atoms with E-state index in [0.717, 1.165) is 0 Å². The third-order valence-corrected chi connectivity index (χ3v) is 4.21. The molecule has 0 bridgehead atoms. The van der Waals surface area contributed by atoms with Gasteiger partial charge in [-0.1, -0.05) is 26.2 Å². The van der Waals surface area contributed by atoms with Gasteiger partial charge >= 0.3 is 0 Å². The molecule has 1 saturated heterocycles. The minimum absolute atomic E-state index is 0.0755. The molecule has 0 amide bonds. The van der Waals surface area contributed by atoms with Gasteiger partial charge in [0.2, 0.25) is 0 Å². The van der Waals surface area contributed by atoms with Crippen LogP contribution >= 0.6 is 0 Å². The van der Waals surface area contributed by atoms with Gasteiger partial charge in [-0.05, 0) is 26.7 Å². The zero-order chi connectivity index (χ0) is 10.8. The van der Waals surface area contributed by atoms with E-state index < -0.39 is 0 Å². The predicted molar refractivity (Wildman–Crippen MR) is 60.6 cm³/mol. The lowest BCUT2D eigenvalue weighted by molar-refractivity contribution is -0.279. The highest BCUT2D eigenvalue weighted by Crippen LogP contribution is 2.34. The molecule has 0 aromatic rings. The van der Waals surface area contributed by atoms with Crippen LogP contribution in [0.1, 0.15) is 52.9 Å². The monoisotopic (exact) mass is 212 g/mol. The molecule has 0 aromatic carbocycles. The highest BCUT2D eigenvalue weighted by atomic mass is 16.7. The van der Waals surface area contributed by atoms with E-state index in [1.165, 1.54) is 32.1 Å².